The summed E-state index contributed by atoms with van der Waals surface area (Å²) in [5, 5.41) is 9.97. The van der Waals surface area contributed by atoms with Gasteiger partial charge in [-0.05, 0) is 18.6 Å². The van der Waals surface area contributed by atoms with Crippen molar-refractivity contribution >= 4 is 11.6 Å². The van der Waals surface area contributed by atoms with E-state index in [2.05, 4.69) is 0 Å². The minimum atomic E-state index is -0.347. The van der Waals surface area contributed by atoms with Crippen LogP contribution in [-0.2, 0) is 5.41 Å². The van der Waals surface area contributed by atoms with Gasteiger partial charge < -0.3 is 9.84 Å². The van der Waals surface area contributed by atoms with Crippen molar-refractivity contribution in [2.45, 2.75) is 26.2 Å². The summed E-state index contributed by atoms with van der Waals surface area (Å²) >= 11 is 6.06. The van der Waals surface area contributed by atoms with Crippen molar-refractivity contribution in [2.75, 3.05) is 13.7 Å². The van der Waals surface area contributed by atoms with Gasteiger partial charge in [-0.15, -0.1) is 0 Å². The molecule has 0 saturated heterocycles. The van der Waals surface area contributed by atoms with Gasteiger partial charge in [-0.25, -0.2) is 0 Å². The molecule has 2 nitrogen and oxygen atoms in total. The van der Waals surface area contributed by atoms with Gasteiger partial charge >= 0.3 is 0 Å². The summed E-state index contributed by atoms with van der Waals surface area (Å²) in [4.78, 5) is 0. The minimum Gasteiger partial charge on any atom is -0.495 e. The Kier molecular flexibility index (Phi) is 3.63. The molecule has 1 rings (SSSR count). The molecule has 84 valence electrons. The van der Waals surface area contributed by atoms with Crippen LogP contribution in [0.2, 0.25) is 5.02 Å². The third kappa shape index (κ3) is 2.27. The highest BCUT2D eigenvalue weighted by molar-refractivity contribution is 6.32. The maximum Gasteiger partial charge on any atom is 0.141 e. The van der Waals surface area contributed by atoms with Crippen LogP contribution < -0.4 is 4.74 Å². The van der Waals surface area contributed by atoms with E-state index >= 15 is 0 Å². The number of ether oxygens (including phenoxy) is 1. The molecule has 0 aromatic heterocycles. The van der Waals surface area contributed by atoms with Crippen molar-refractivity contribution in [3.63, 3.8) is 0 Å². The fourth-order valence-electron chi connectivity index (χ4n) is 1.78. The summed E-state index contributed by atoms with van der Waals surface area (Å²) in [5.74, 6) is 0.663. The van der Waals surface area contributed by atoms with Crippen LogP contribution in [0.15, 0.2) is 12.1 Å². The van der Waals surface area contributed by atoms with E-state index in [0.717, 1.165) is 11.1 Å². The van der Waals surface area contributed by atoms with Crippen molar-refractivity contribution in [3.8, 4) is 5.75 Å². The van der Waals surface area contributed by atoms with Gasteiger partial charge in [0.05, 0.1) is 18.7 Å². The number of benzene rings is 1. The second-order valence-corrected chi connectivity index (χ2v) is 4.72. The molecule has 0 aliphatic rings. The van der Waals surface area contributed by atoms with E-state index in [-0.39, 0.29) is 12.0 Å². The SMILES string of the molecule is COc1c(Cl)ccc(C)c1C(C)(C)CO. The van der Waals surface area contributed by atoms with Crippen LogP contribution in [0.25, 0.3) is 0 Å². The van der Waals surface area contributed by atoms with E-state index in [0.29, 0.717) is 10.8 Å². The monoisotopic (exact) mass is 228 g/mol. The third-order valence-corrected chi connectivity index (χ3v) is 2.89. The Labute approximate surface area is 95.8 Å². The number of aryl methyl sites for hydroxylation is 1. The average Bonchev–Trinajstić information content (AvgIpc) is 2.20. The fraction of sp³-hybridized carbons (Fsp3) is 0.500. The lowest BCUT2D eigenvalue weighted by molar-refractivity contribution is 0.214. The highest BCUT2D eigenvalue weighted by atomic mass is 35.5. The van der Waals surface area contributed by atoms with Crippen molar-refractivity contribution in [1.82, 2.24) is 0 Å². The number of hydrogen-bond acceptors (Lipinski definition) is 2. The van der Waals surface area contributed by atoms with Gasteiger partial charge in [-0.3, -0.25) is 0 Å². The van der Waals surface area contributed by atoms with Crippen LogP contribution in [-0.4, -0.2) is 18.8 Å². The van der Waals surface area contributed by atoms with Gasteiger partial charge in [-0.2, -0.15) is 0 Å². The Balaban J connectivity index is 3.44. The zero-order chi connectivity index (χ0) is 11.6. The topological polar surface area (TPSA) is 29.5 Å². The Bertz CT molecular complexity index is 359. The molecule has 15 heavy (non-hydrogen) atoms. The maximum absolute atomic E-state index is 9.38. The first kappa shape index (κ1) is 12.3. The number of halogens is 1. The lowest BCUT2D eigenvalue weighted by Gasteiger charge is -2.27. The predicted octanol–water partition coefficient (Wildman–Crippen LogP) is 2.93. The standard InChI is InChI=1S/C12H17ClO2/c1-8-5-6-9(13)11(15-4)10(8)12(2,3)7-14/h5-6,14H,7H2,1-4H3. The molecule has 1 aromatic carbocycles. The molecule has 0 heterocycles. The first-order valence-electron chi connectivity index (χ1n) is 4.88. The molecule has 0 amide bonds. The summed E-state index contributed by atoms with van der Waals surface area (Å²) < 4.78 is 5.30. The highest BCUT2D eigenvalue weighted by Crippen LogP contribution is 2.38. The molecule has 1 aromatic rings. The molecular weight excluding hydrogens is 212 g/mol. The quantitative estimate of drug-likeness (QED) is 0.862. The van der Waals surface area contributed by atoms with Gasteiger partial charge in [0, 0.05) is 11.0 Å². The molecule has 0 saturated carbocycles. The van der Waals surface area contributed by atoms with Crippen LogP contribution in [0.5, 0.6) is 5.75 Å². The van der Waals surface area contributed by atoms with E-state index < -0.39 is 0 Å². The molecule has 0 aliphatic heterocycles. The lowest BCUT2D eigenvalue weighted by Crippen LogP contribution is -2.24. The molecule has 0 bridgehead atoms. The van der Waals surface area contributed by atoms with Crippen LogP contribution in [0, 0.1) is 6.92 Å². The van der Waals surface area contributed by atoms with E-state index in [9.17, 15) is 5.11 Å². The lowest BCUT2D eigenvalue weighted by atomic mass is 9.82. The van der Waals surface area contributed by atoms with E-state index in [4.69, 9.17) is 16.3 Å². The number of hydrogen-bond donors (Lipinski definition) is 1. The second-order valence-electron chi connectivity index (χ2n) is 4.31. The predicted molar refractivity (Wildman–Crippen MR) is 62.9 cm³/mol. The highest BCUT2D eigenvalue weighted by Gasteiger charge is 2.26. The molecule has 0 atom stereocenters. The maximum atomic E-state index is 9.38. The van der Waals surface area contributed by atoms with Gasteiger partial charge in [-0.1, -0.05) is 31.5 Å². The molecule has 0 spiro atoms. The Morgan fingerprint density at radius 2 is 2.00 bits per heavy atom. The van der Waals surface area contributed by atoms with Gasteiger partial charge in [0.1, 0.15) is 5.75 Å². The number of methoxy groups -OCH3 is 1. The van der Waals surface area contributed by atoms with Gasteiger partial charge in [0.2, 0.25) is 0 Å². The van der Waals surface area contributed by atoms with Crippen LogP contribution in [0.3, 0.4) is 0 Å². The Morgan fingerprint density at radius 3 is 2.47 bits per heavy atom. The first-order chi connectivity index (χ1) is 6.94. The molecular formula is C12H17ClO2. The minimum absolute atomic E-state index is 0.0601. The zero-order valence-corrected chi connectivity index (χ0v) is 10.4. The normalized spacial score (nSPS) is 11.6. The van der Waals surface area contributed by atoms with Gasteiger partial charge in [0.25, 0.3) is 0 Å². The van der Waals surface area contributed by atoms with Crippen molar-refractivity contribution in [2.24, 2.45) is 0 Å². The van der Waals surface area contributed by atoms with Gasteiger partial charge in [0.15, 0.2) is 0 Å². The van der Waals surface area contributed by atoms with Crippen LogP contribution in [0.1, 0.15) is 25.0 Å². The van der Waals surface area contributed by atoms with Crippen LogP contribution >= 0.6 is 11.6 Å². The average molecular weight is 229 g/mol. The molecule has 3 heteroatoms. The third-order valence-electron chi connectivity index (χ3n) is 2.59. The second kappa shape index (κ2) is 4.42. The Morgan fingerprint density at radius 1 is 1.40 bits per heavy atom. The largest absolute Gasteiger partial charge is 0.495 e. The van der Waals surface area contributed by atoms with E-state index in [1.54, 1.807) is 7.11 Å². The van der Waals surface area contributed by atoms with E-state index in [1.165, 1.54) is 0 Å². The molecule has 1 N–H and O–H groups in total. The number of aliphatic hydroxyl groups is 1. The first-order valence-corrected chi connectivity index (χ1v) is 5.26. The molecule has 0 aliphatic carbocycles. The zero-order valence-electron chi connectivity index (χ0n) is 9.60. The summed E-state index contributed by atoms with van der Waals surface area (Å²) in [7, 11) is 1.59. The van der Waals surface area contributed by atoms with E-state index in [1.807, 2.05) is 32.9 Å². The van der Waals surface area contributed by atoms with Crippen molar-refractivity contribution in [3.05, 3.63) is 28.3 Å². The van der Waals surface area contributed by atoms with Crippen LogP contribution in [0.4, 0.5) is 0 Å². The number of rotatable bonds is 3. The molecule has 0 fully saturated rings. The van der Waals surface area contributed by atoms with Crippen molar-refractivity contribution < 1.29 is 9.84 Å². The number of aliphatic hydroxyl groups excluding tert-OH is 1. The summed E-state index contributed by atoms with van der Waals surface area (Å²) in [5.41, 5.74) is 1.70. The molecule has 0 unspecified atom stereocenters. The van der Waals surface area contributed by atoms with Crippen molar-refractivity contribution in [1.29, 1.82) is 0 Å². The fourth-order valence-corrected chi connectivity index (χ4v) is 2.01. The smallest absolute Gasteiger partial charge is 0.141 e. The summed E-state index contributed by atoms with van der Waals surface area (Å²) in [6, 6.07) is 3.75. The summed E-state index contributed by atoms with van der Waals surface area (Å²) in [6.45, 7) is 5.98. The Hall–Kier alpha value is -0.730. The summed E-state index contributed by atoms with van der Waals surface area (Å²) in [6.07, 6.45) is 0. The molecule has 0 radical (unpaired) electrons.